The zero-order valence-corrected chi connectivity index (χ0v) is 14.4. The van der Waals surface area contributed by atoms with Crippen molar-refractivity contribution in [2.45, 2.75) is 39.7 Å². The van der Waals surface area contributed by atoms with Crippen LogP contribution in [0.1, 0.15) is 32.9 Å². The van der Waals surface area contributed by atoms with Crippen molar-refractivity contribution < 1.29 is 14.6 Å². The first kappa shape index (κ1) is 17.0. The molecule has 0 aliphatic rings. The summed E-state index contributed by atoms with van der Waals surface area (Å²) >= 11 is 2.14. The van der Waals surface area contributed by atoms with Gasteiger partial charge in [0, 0.05) is 0 Å². The quantitative estimate of drug-likeness (QED) is 0.575. The van der Waals surface area contributed by atoms with Gasteiger partial charge in [-0.2, -0.15) is 0 Å². The summed E-state index contributed by atoms with van der Waals surface area (Å²) in [5.41, 5.74) is 0.189. The van der Waals surface area contributed by atoms with Crippen LogP contribution in [0.2, 0.25) is 0 Å². The van der Waals surface area contributed by atoms with E-state index in [0.717, 1.165) is 9.39 Å². The number of rotatable bonds is 6. The number of hydrogen-bond acceptors (Lipinski definition) is 3. The highest BCUT2D eigenvalue weighted by Crippen LogP contribution is 2.21. The van der Waals surface area contributed by atoms with E-state index in [-0.39, 0.29) is 6.61 Å². The Morgan fingerprint density at radius 3 is 2.70 bits per heavy atom. The minimum Gasteiger partial charge on any atom is -0.489 e. The molecule has 0 fully saturated rings. The lowest BCUT2D eigenvalue weighted by atomic mass is 9.91. The minimum absolute atomic E-state index is 0.278. The van der Waals surface area contributed by atoms with Crippen molar-refractivity contribution in [2.24, 2.45) is 5.92 Å². The molecule has 1 aromatic heterocycles. The van der Waals surface area contributed by atoms with E-state index in [2.05, 4.69) is 46.7 Å². The lowest BCUT2D eigenvalue weighted by molar-refractivity contribution is 0.142. The first-order valence-electron chi connectivity index (χ1n) is 6.49. The molecule has 1 rings (SSSR count). The second-order valence-corrected chi connectivity index (χ2v) is 6.70. The smallest absolute Gasteiger partial charge is 0.405 e. The van der Waals surface area contributed by atoms with Crippen molar-refractivity contribution in [3.63, 3.8) is 0 Å². The molecule has 0 saturated heterocycles. The summed E-state index contributed by atoms with van der Waals surface area (Å²) in [7, 11) is 0. The topological polar surface area (TPSA) is 71.5 Å². The van der Waals surface area contributed by atoms with Crippen LogP contribution < -0.4 is 10.1 Å². The van der Waals surface area contributed by atoms with Crippen molar-refractivity contribution in [1.29, 1.82) is 0 Å². The van der Waals surface area contributed by atoms with Gasteiger partial charge in [0.15, 0.2) is 0 Å². The summed E-state index contributed by atoms with van der Waals surface area (Å²) in [6, 6.07) is 3.73. The molecular formula is C14H21IN2O3. The number of carboxylic acid groups (broad SMARTS) is 1. The van der Waals surface area contributed by atoms with E-state index in [9.17, 15) is 4.79 Å². The van der Waals surface area contributed by atoms with Gasteiger partial charge in [-0.15, -0.1) is 0 Å². The number of carbonyl (C=O) groups is 1. The fourth-order valence-electron chi connectivity index (χ4n) is 2.21. The standard InChI is InChI=1S/C14H21IN2O3/c1-9(2)7-14(4,17-13(18)19)8-20-11-5-6-12(15)16-10(11)3/h5-6,9,17H,7-8H2,1-4H3,(H,18,19). The van der Waals surface area contributed by atoms with E-state index >= 15 is 0 Å². The SMILES string of the molecule is Cc1nc(I)ccc1OCC(C)(CC(C)C)NC(=O)O. The summed E-state index contributed by atoms with van der Waals surface area (Å²) in [4.78, 5) is 15.3. The molecule has 2 N–H and O–H groups in total. The average molecular weight is 392 g/mol. The molecule has 5 nitrogen and oxygen atoms in total. The van der Waals surface area contributed by atoms with E-state index in [1.165, 1.54) is 0 Å². The Kier molecular flexibility index (Phi) is 6.04. The number of aromatic nitrogens is 1. The fraction of sp³-hybridized carbons (Fsp3) is 0.571. The van der Waals surface area contributed by atoms with Gasteiger partial charge in [-0.05, 0) is 60.9 Å². The Hall–Kier alpha value is -1.05. The average Bonchev–Trinajstić information content (AvgIpc) is 2.25. The number of pyridine rings is 1. The third-order valence-corrected chi connectivity index (χ3v) is 3.42. The second-order valence-electron chi connectivity index (χ2n) is 5.59. The first-order chi connectivity index (χ1) is 9.22. The summed E-state index contributed by atoms with van der Waals surface area (Å²) in [5.74, 6) is 1.05. The van der Waals surface area contributed by atoms with E-state index < -0.39 is 11.6 Å². The van der Waals surface area contributed by atoms with Gasteiger partial charge >= 0.3 is 6.09 Å². The summed E-state index contributed by atoms with van der Waals surface area (Å²) in [5, 5.41) is 11.5. The van der Waals surface area contributed by atoms with Crippen molar-refractivity contribution >= 4 is 28.7 Å². The predicted octanol–water partition coefficient (Wildman–Crippen LogP) is 3.45. The van der Waals surface area contributed by atoms with Gasteiger partial charge < -0.3 is 15.2 Å². The van der Waals surface area contributed by atoms with Crippen LogP contribution in [-0.4, -0.2) is 28.3 Å². The van der Waals surface area contributed by atoms with Crippen molar-refractivity contribution in [1.82, 2.24) is 10.3 Å². The normalized spacial score (nSPS) is 13.9. The van der Waals surface area contributed by atoms with Gasteiger partial charge in [0.25, 0.3) is 0 Å². The highest BCUT2D eigenvalue weighted by Gasteiger charge is 2.28. The number of aryl methyl sites for hydroxylation is 1. The van der Waals surface area contributed by atoms with Gasteiger partial charge in [0.2, 0.25) is 0 Å². The molecule has 0 bridgehead atoms. The Balaban J connectivity index is 2.77. The zero-order chi connectivity index (χ0) is 15.3. The fourth-order valence-corrected chi connectivity index (χ4v) is 2.75. The predicted molar refractivity (Wildman–Crippen MR) is 86.2 cm³/mol. The summed E-state index contributed by atoms with van der Waals surface area (Å²) in [6.07, 6.45) is -0.329. The van der Waals surface area contributed by atoms with Crippen LogP contribution in [0.15, 0.2) is 12.1 Å². The van der Waals surface area contributed by atoms with Gasteiger partial charge in [0.05, 0.1) is 11.2 Å². The highest BCUT2D eigenvalue weighted by atomic mass is 127. The lowest BCUT2D eigenvalue weighted by Crippen LogP contribution is -2.50. The number of nitrogens with zero attached hydrogens (tertiary/aromatic N) is 1. The van der Waals surface area contributed by atoms with Gasteiger partial charge in [-0.25, -0.2) is 9.78 Å². The Labute approximate surface area is 133 Å². The molecule has 6 heteroatoms. The molecule has 0 spiro atoms. The van der Waals surface area contributed by atoms with Gasteiger partial charge in [0.1, 0.15) is 16.1 Å². The second kappa shape index (κ2) is 7.10. The van der Waals surface area contributed by atoms with Crippen LogP contribution >= 0.6 is 22.6 Å². The van der Waals surface area contributed by atoms with Crippen LogP contribution in [0.3, 0.4) is 0 Å². The maximum Gasteiger partial charge on any atom is 0.405 e. The van der Waals surface area contributed by atoms with Crippen LogP contribution in [0.5, 0.6) is 5.75 Å². The van der Waals surface area contributed by atoms with E-state index in [1.807, 2.05) is 26.0 Å². The molecule has 0 aliphatic heterocycles. The Morgan fingerprint density at radius 1 is 1.55 bits per heavy atom. The monoisotopic (exact) mass is 392 g/mol. The molecule has 1 unspecified atom stereocenters. The summed E-state index contributed by atoms with van der Waals surface area (Å²) in [6.45, 7) is 8.12. The number of hydrogen-bond donors (Lipinski definition) is 2. The molecule has 1 heterocycles. The number of nitrogens with one attached hydrogen (secondary N) is 1. The van der Waals surface area contributed by atoms with Crippen LogP contribution in [0, 0.1) is 16.5 Å². The van der Waals surface area contributed by atoms with Gasteiger partial charge in [-0.3, -0.25) is 0 Å². The Bertz CT molecular complexity index is 479. The molecule has 0 saturated carbocycles. The third-order valence-electron chi connectivity index (χ3n) is 2.82. The first-order valence-corrected chi connectivity index (χ1v) is 7.57. The molecular weight excluding hydrogens is 371 g/mol. The third kappa shape index (κ3) is 5.52. The molecule has 112 valence electrons. The van der Waals surface area contributed by atoms with E-state index in [0.29, 0.717) is 18.1 Å². The largest absolute Gasteiger partial charge is 0.489 e. The maximum atomic E-state index is 10.9. The van der Waals surface area contributed by atoms with Crippen LogP contribution in [0.4, 0.5) is 4.79 Å². The molecule has 20 heavy (non-hydrogen) atoms. The van der Waals surface area contributed by atoms with Crippen molar-refractivity contribution in [3.05, 3.63) is 21.5 Å². The molecule has 1 amide bonds. The van der Waals surface area contributed by atoms with E-state index in [4.69, 9.17) is 9.84 Å². The lowest BCUT2D eigenvalue weighted by Gasteiger charge is -2.31. The molecule has 0 aromatic carbocycles. The van der Waals surface area contributed by atoms with E-state index in [1.54, 1.807) is 0 Å². The zero-order valence-electron chi connectivity index (χ0n) is 12.2. The van der Waals surface area contributed by atoms with Crippen LogP contribution in [-0.2, 0) is 0 Å². The molecule has 1 aromatic rings. The van der Waals surface area contributed by atoms with Crippen molar-refractivity contribution in [3.8, 4) is 5.75 Å². The van der Waals surface area contributed by atoms with Crippen molar-refractivity contribution in [2.75, 3.05) is 6.61 Å². The highest BCUT2D eigenvalue weighted by molar-refractivity contribution is 14.1. The summed E-state index contributed by atoms with van der Waals surface area (Å²) < 4.78 is 6.67. The molecule has 0 radical (unpaired) electrons. The minimum atomic E-state index is -1.03. The Morgan fingerprint density at radius 2 is 2.20 bits per heavy atom. The maximum absolute atomic E-state index is 10.9. The molecule has 1 atom stereocenters. The molecule has 0 aliphatic carbocycles. The van der Waals surface area contributed by atoms with Crippen LogP contribution in [0.25, 0.3) is 0 Å². The van der Waals surface area contributed by atoms with Gasteiger partial charge in [-0.1, -0.05) is 13.8 Å². The number of ether oxygens (including phenoxy) is 1. The number of amides is 1. The number of halogens is 1.